The van der Waals surface area contributed by atoms with Gasteiger partial charge in [-0.2, -0.15) is 0 Å². The summed E-state index contributed by atoms with van der Waals surface area (Å²) in [6, 6.07) is -2.05. The Morgan fingerprint density at radius 2 is 1.96 bits per heavy atom. The van der Waals surface area contributed by atoms with E-state index in [1.165, 1.54) is 18.7 Å². The van der Waals surface area contributed by atoms with E-state index in [0.717, 1.165) is 4.90 Å². The van der Waals surface area contributed by atoms with E-state index in [1.807, 2.05) is 0 Å². The summed E-state index contributed by atoms with van der Waals surface area (Å²) in [7, 11) is 0. The summed E-state index contributed by atoms with van der Waals surface area (Å²) in [6.45, 7) is 1.32. The maximum absolute atomic E-state index is 12.3. The molecule has 0 radical (unpaired) electrons. The number of aliphatic carboxylic acids is 2. The van der Waals surface area contributed by atoms with Gasteiger partial charge in [0.05, 0.1) is 17.6 Å². The fourth-order valence-corrected chi connectivity index (χ4v) is 4.30. The van der Waals surface area contributed by atoms with E-state index < -0.39 is 41.2 Å². The summed E-state index contributed by atoms with van der Waals surface area (Å²) in [5.74, 6) is -3.98. The minimum atomic E-state index is -1.54. The number of thioether (sulfide) groups is 1. The van der Waals surface area contributed by atoms with Crippen LogP contribution in [0.1, 0.15) is 32.6 Å². The molecular formula is C16H19N3O7SZn. The van der Waals surface area contributed by atoms with E-state index in [2.05, 4.69) is 5.32 Å². The number of nitrogens with one attached hydrogen (secondary N) is 1. The van der Waals surface area contributed by atoms with Gasteiger partial charge in [0.1, 0.15) is 17.2 Å². The molecule has 3 unspecified atom stereocenters. The standard InChI is InChI=1S/C16H21N3O7S.Zn/c1-7(20)5-8-6-27-14-11(13(22)19(14)12(8)16(25)26)18-10(21)4-2-3-9(17)15(23)24;/h9,11,14H,2-6,17H2,1H3,(H,18,21)(H,23,24)(H,25,26);/q;+2/p-2. The molecule has 0 saturated carbocycles. The van der Waals surface area contributed by atoms with Crippen molar-refractivity contribution in [2.45, 2.75) is 50.1 Å². The number of carboxylic acid groups (broad SMARTS) is 2. The van der Waals surface area contributed by atoms with Gasteiger partial charge in [-0.25, -0.2) is 0 Å². The summed E-state index contributed by atoms with van der Waals surface area (Å²) in [4.78, 5) is 58.6. The fourth-order valence-electron chi connectivity index (χ4n) is 2.95. The number of amides is 2. The van der Waals surface area contributed by atoms with Crippen LogP contribution in [-0.2, 0) is 43.5 Å². The second kappa shape index (κ2) is 10.1. The predicted octanol–water partition coefficient (Wildman–Crippen LogP) is -3.39. The fraction of sp³-hybridized carbons (Fsp3) is 0.562. The van der Waals surface area contributed by atoms with Crippen molar-refractivity contribution < 1.29 is 53.7 Å². The van der Waals surface area contributed by atoms with Gasteiger partial charge in [-0.05, 0) is 25.3 Å². The van der Waals surface area contributed by atoms with E-state index in [4.69, 9.17) is 5.73 Å². The molecule has 2 aliphatic rings. The van der Waals surface area contributed by atoms with Gasteiger partial charge < -0.3 is 30.9 Å². The summed E-state index contributed by atoms with van der Waals surface area (Å²) in [6.07, 6.45) is 0.157. The van der Waals surface area contributed by atoms with Gasteiger partial charge in [0.15, 0.2) is 0 Å². The Labute approximate surface area is 178 Å². The van der Waals surface area contributed by atoms with Crippen LogP contribution < -0.4 is 21.3 Å². The number of nitrogens with zero attached hydrogens (tertiary/aromatic N) is 1. The zero-order valence-electron chi connectivity index (χ0n) is 15.3. The van der Waals surface area contributed by atoms with Crippen molar-refractivity contribution in [3.05, 3.63) is 11.3 Å². The first-order valence-electron chi connectivity index (χ1n) is 8.26. The number of carbonyl (C=O) groups excluding carboxylic acids is 5. The first kappa shape index (κ1) is 24.3. The first-order valence-corrected chi connectivity index (χ1v) is 9.31. The average Bonchev–Trinajstić information content (AvgIpc) is 2.58. The van der Waals surface area contributed by atoms with Gasteiger partial charge in [0.2, 0.25) is 5.91 Å². The third-order valence-corrected chi connectivity index (χ3v) is 5.58. The van der Waals surface area contributed by atoms with Gasteiger partial charge in [-0.15, -0.1) is 11.8 Å². The largest absolute Gasteiger partial charge is 2.00 e. The molecule has 1 saturated heterocycles. The molecule has 28 heavy (non-hydrogen) atoms. The van der Waals surface area contributed by atoms with Gasteiger partial charge >= 0.3 is 19.5 Å². The number of carbonyl (C=O) groups is 5. The molecule has 2 aliphatic heterocycles. The molecule has 0 aliphatic carbocycles. The van der Waals surface area contributed by atoms with Crippen molar-refractivity contribution in [1.29, 1.82) is 0 Å². The van der Waals surface area contributed by atoms with Crippen LogP contribution in [0.3, 0.4) is 0 Å². The molecule has 1 fully saturated rings. The minimum absolute atomic E-state index is 0. The smallest absolute Gasteiger partial charge is 0.548 e. The molecule has 0 aromatic carbocycles. The molecule has 0 aromatic rings. The summed E-state index contributed by atoms with van der Waals surface area (Å²) in [5.41, 5.74) is 5.31. The molecule has 10 nitrogen and oxygen atoms in total. The predicted molar refractivity (Wildman–Crippen MR) is 89.2 cm³/mol. The number of hydrogen-bond acceptors (Lipinski definition) is 9. The van der Waals surface area contributed by atoms with Crippen molar-refractivity contribution in [3.8, 4) is 0 Å². The summed E-state index contributed by atoms with van der Waals surface area (Å²) >= 11 is 1.25. The van der Waals surface area contributed by atoms with Gasteiger partial charge in [0.25, 0.3) is 5.91 Å². The van der Waals surface area contributed by atoms with E-state index in [0.29, 0.717) is 5.57 Å². The minimum Gasteiger partial charge on any atom is -0.548 e. The topological polar surface area (TPSA) is 173 Å². The Balaban J connectivity index is 0.00000392. The quantitative estimate of drug-likeness (QED) is 0.262. The third-order valence-electron chi connectivity index (χ3n) is 4.24. The maximum Gasteiger partial charge on any atom is 2.00 e. The van der Waals surface area contributed by atoms with Crippen molar-refractivity contribution in [2.24, 2.45) is 5.73 Å². The van der Waals surface area contributed by atoms with E-state index >= 15 is 0 Å². The molecule has 2 amide bonds. The van der Waals surface area contributed by atoms with Crippen molar-refractivity contribution in [2.75, 3.05) is 5.75 Å². The zero-order chi connectivity index (χ0) is 20.3. The van der Waals surface area contributed by atoms with E-state index in [9.17, 15) is 34.2 Å². The van der Waals surface area contributed by atoms with Crippen LogP contribution in [-0.4, -0.2) is 57.6 Å². The normalized spacial score (nSPS) is 21.8. The third kappa shape index (κ3) is 5.39. The summed E-state index contributed by atoms with van der Waals surface area (Å²) in [5, 5.41) is 23.9. The second-order valence-electron chi connectivity index (χ2n) is 6.39. The Hall–Kier alpha value is -1.78. The second-order valence-corrected chi connectivity index (χ2v) is 7.50. The molecule has 2 heterocycles. The van der Waals surface area contributed by atoms with E-state index in [1.54, 1.807) is 0 Å². The number of β-lactam (4-membered cyclic amide) rings is 1. The number of Topliss-reactive ketones (excluding diaryl/α,β-unsaturated/α-hetero) is 1. The van der Waals surface area contributed by atoms with Crippen molar-refractivity contribution in [3.63, 3.8) is 0 Å². The average molecular weight is 463 g/mol. The van der Waals surface area contributed by atoms with Crippen LogP contribution in [0, 0.1) is 0 Å². The molecular weight excluding hydrogens is 444 g/mol. The number of rotatable bonds is 9. The van der Waals surface area contributed by atoms with Crippen LogP contribution in [0.2, 0.25) is 0 Å². The van der Waals surface area contributed by atoms with Crippen molar-refractivity contribution >= 4 is 41.3 Å². The Morgan fingerprint density at radius 1 is 1.32 bits per heavy atom. The molecule has 0 aromatic heterocycles. The number of nitrogens with two attached hydrogens (primary N) is 1. The Morgan fingerprint density at radius 3 is 2.50 bits per heavy atom. The monoisotopic (exact) mass is 461 g/mol. The molecule has 148 valence electrons. The molecule has 3 atom stereocenters. The molecule has 0 spiro atoms. The first-order chi connectivity index (χ1) is 12.6. The number of fused-ring (bicyclic) bond motifs is 1. The SMILES string of the molecule is CC(=O)CC1=C(C(=O)[O-])N2C(=O)C(NC(=O)CCCC(N)C(=O)[O-])C2SC1.[Zn+2]. The van der Waals surface area contributed by atoms with Gasteiger partial charge in [-0.1, -0.05) is 0 Å². The molecule has 2 rings (SSSR count). The molecule has 0 bridgehead atoms. The van der Waals surface area contributed by atoms with Crippen LogP contribution in [0.15, 0.2) is 11.3 Å². The molecule has 3 N–H and O–H groups in total. The number of ketones is 1. The summed E-state index contributed by atoms with van der Waals surface area (Å²) < 4.78 is 0. The zero-order valence-corrected chi connectivity index (χ0v) is 19.0. The Bertz CT molecular complexity index is 727. The van der Waals surface area contributed by atoms with Crippen LogP contribution in [0.5, 0.6) is 0 Å². The van der Waals surface area contributed by atoms with Gasteiger partial charge in [0, 0.05) is 24.6 Å². The Kier molecular flexibility index (Phi) is 8.78. The van der Waals surface area contributed by atoms with Crippen LogP contribution >= 0.6 is 11.8 Å². The molecule has 12 heteroatoms. The van der Waals surface area contributed by atoms with Crippen LogP contribution in [0.25, 0.3) is 0 Å². The number of carboxylic acids is 2. The van der Waals surface area contributed by atoms with E-state index in [-0.39, 0.29) is 62.4 Å². The maximum atomic E-state index is 12.3. The van der Waals surface area contributed by atoms with Gasteiger partial charge in [-0.3, -0.25) is 19.3 Å². The number of hydrogen-bond donors (Lipinski definition) is 2. The van der Waals surface area contributed by atoms with Crippen molar-refractivity contribution in [1.82, 2.24) is 10.2 Å². The van der Waals surface area contributed by atoms with Crippen LogP contribution in [0.4, 0.5) is 0 Å².